The predicted octanol–water partition coefficient (Wildman–Crippen LogP) is 3.08. The van der Waals surface area contributed by atoms with E-state index in [1.807, 2.05) is 12.1 Å². The Hall–Kier alpha value is -2.42. The van der Waals surface area contributed by atoms with Crippen LogP contribution < -0.4 is 10.6 Å². The first kappa shape index (κ1) is 15.1. The number of benzene rings is 1. The maximum absolute atomic E-state index is 12.0. The zero-order valence-electron chi connectivity index (χ0n) is 14.1. The Kier molecular flexibility index (Phi) is 3.72. The molecule has 1 heterocycles. The molecular weight excluding hydrogens is 298 g/mol. The smallest absolute Gasteiger partial charge is 0.338 e. The Morgan fingerprint density at radius 2 is 1.96 bits per heavy atom. The predicted molar refractivity (Wildman–Crippen MR) is 95.1 cm³/mol. The van der Waals surface area contributed by atoms with Crippen LogP contribution >= 0.6 is 0 Å². The van der Waals surface area contributed by atoms with Crippen LogP contribution in [0.4, 0.5) is 0 Å². The summed E-state index contributed by atoms with van der Waals surface area (Å²) in [5.74, 6) is 0.235. The van der Waals surface area contributed by atoms with Crippen LogP contribution in [0.3, 0.4) is 0 Å². The normalized spacial score (nSPS) is 15.9. The summed E-state index contributed by atoms with van der Waals surface area (Å²) in [6.07, 6.45) is 8.90. The van der Waals surface area contributed by atoms with E-state index in [0.29, 0.717) is 11.5 Å². The summed E-state index contributed by atoms with van der Waals surface area (Å²) in [6, 6.07) is 8.24. The molecule has 0 bridgehead atoms. The number of esters is 1. The number of fused-ring (bicyclic) bond motifs is 1. The molecule has 122 valence electrons. The van der Waals surface area contributed by atoms with Gasteiger partial charge in [0.15, 0.2) is 0 Å². The first-order chi connectivity index (χ1) is 11.7. The molecule has 3 heteroatoms. The van der Waals surface area contributed by atoms with Crippen molar-refractivity contribution in [1.29, 1.82) is 0 Å². The zero-order chi connectivity index (χ0) is 16.7. The van der Waals surface area contributed by atoms with Crippen molar-refractivity contribution in [3.63, 3.8) is 0 Å². The van der Waals surface area contributed by atoms with Crippen LogP contribution in [-0.4, -0.2) is 18.1 Å². The van der Waals surface area contributed by atoms with Crippen LogP contribution in [0, 0.1) is 6.92 Å². The lowest BCUT2D eigenvalue weighted by Gasteiger charge is -2.12. The highest BCUT2D eigenvalue weighted by Gasteiger charge is 2.29. The molecule has 0 unspecified atom stereocenters. The zero-order valence-corrected chi connectivity index (χ0v) is 14.1. The van der Waals surface area contributed by atoms with Gasteiger partial charge in [-0.25, -0.2) is 9.78 Å². The summed E-state index contributed by atoms with van der Waals surface area (Å²) < 4.78 is 4.93. The van der Waals surface area contributed by atoms with Gasteiger partial charge in [-0.3, -0.25) is 0 Å². The van der Waals surface area contributed by atoms with Crippen molar-refractivity contribution in [3.05, 3.63) is 51.5 Å². The number of pyridine rings is 1. The van der Waals surface area contributed by atoms with Crippen molar-refractivity contribution in [2.45, 2.75) is 38.5 Å². The SMILES string of the molecule is COC(=O)c1ccc(-c2nc3c(cc2C)=CCCC=3)cc1C1CC1. The highest BCUT2D eigenvalue weighted by Crippen LogP contribution is 2.43. The van der Waals surface area contributed by atoms with E-state index in [1.165, 1.54) is 17.9 Å². The van der Waals surface area contributed by atoms with Crippen molar-refractivity contribution >= 4 is 18.1 Å². The van der Waals surface area contributed by atoms with Crippen molar-refractivity contribution in [1.82, 2.24) is 4.98 Å². The molecule has 0 spiro atoms. The summed E-state index contributed by atoms with van der Waals surface area (Å²) in [5.41, 5.74) is 5.07. The minimum Gasteiger partial charge on any atom is -0.465 e. The molecule has 24 heavy (non-hydrogen) atoms. The van der Waals surface area contributed by atoms with E-state index in [1.54, 1.807) is 0 Å². The fraction of sp³-hybridized carbons (Fsp3) is 0.333. The van der Waals surface area contributed by atoms with Gasteiger partial charge in [-0.2, -0.15) is 0 Å². The fourth-order valence-corrected chi connectivity index (χ4v) is 3.46. The Morgan fingerprint density at radius 3 is 2.71 bits per heavy atom. The number of nitrogens with zero attached hydrogens (tertiary/aromatic N) is 1. The van der Waals surface area contributed by atoms with E-state index in [-0.39, 0.29) is 5.97 Å². The lowest BCUT2D eigenvalue weighted by atomic mass is 9.96. The number of carbonyl (C=O) groups excluding carboxylic acids is 1. The van der Waals surface area contributed by atoms with E-state index in [0.717, 1.165) is 47.9 Å². The molecular formula is C21H21NO2. The average Bonchev–Trinajstić information content (AvgIpc) is 3.45. The Balaban J connectivity index is 1.86. The second kappa shape index (κ2) is 5.90. The Bertz CT molecular complexity index is 939. The van der Waals surface area contributed by atoms with E-state index in [9.17, 15) is 4.79 Å². The van der Waals surface area contributed by atoms with E-state index < -0.39 is 0 Å². The summed E-state index contributed by atoms with van der Waals surface area (Å²) >= 11 is 0. The average molecular weight is 319 g/mol. The first-order valence-corrected chi connectivity index (χ1v) is 8.58. The van der Waals surface area contributed by atoms with Crippen molar-refractivity contribution < 1.29 is 9.53 Å². The first-order valence-electron chi connectivity index (χ1n) is 8.58. The molecule has 0 amide bonds. The van der Waals surface area contributed by atoms with Crippen molar-refractivity contribution in [2.24, 2.45) is 0 Å². The maximum atomic E-state index is 12.0. The van der Waals surface area contributed by atoms with E-state index in [4.69, 9.17) is 9.72 Å². The summed E-state index contributed by atoms with van der Waals surface area (Å²) in [7, 11) is 1.44. The van der Waals surface area contributed by atoms with Gasteiger partial charge >= 0.3 is 5.97 Å². The summed E-state index contributed by atoms with van der Waals surface area (Å²) in [4.78, 5) is 16.9. The van der Waals surface area contributed by atoms with Crippen LogP contribution in [0.15, 0.2) is 24.3 Å². The van der Waals surface area contributed by atoms with Crippen molar-refractivity contribution in [2.75, 3.05) is 7.11 Å². The molecule has 0 radical (unpaired) electrons. The number of hydrogen-bond donors (Lipinski definition) is 0. The third-order valence-corrected chi connectivity index (χ3v) is 4.89. The summed E-state index contributed by atoms with van der Waals surface area (Å²) in [5, 5.41) is 2.31. The van der Waals surface area contributed by atoms with Crippen LogP contribution in [0.5, 0.6) is 0 Å². The van der Waals surface area contributed by atoms with Gasteiger partial charge in [0.05, 0.1) is 23.7 Å². The van der Waals surface area contributed by atoms with Gasteiger partial charge in [0.2, 0.25) is 0 Å². The van der Waals surface area contributed by atoms with Crippen molar-refractivity contribution in [3.8, 4) is 11.3 Å². The van der Waals surface area contributed by atoms with Gasteiger partial charge in [-0.05, 0) is 73.1 Å². The third-order valence-electron chi connectivity index (χ3n) is 4.89. The molecule has 3 nitrogen and oxygen atoms in total. The highest BCUT2D eigenvalue weighted by molar-refractivity contribution is 5.92. The number of aryl methyl sites for hydroxylation is 1. The minimum absolute atomic E-state index is 0.249. The molecule has 1 fully saturated rings. The number of aromatic nitrogens is 1. The highest BCUT2D eigenvalue weighted by atomic mass is 16.5. The molecule has 1 aromatic carbocycles. The van der Waals surface area contributed by atoms with Crippen LogP contribution in [-0.2, 0) is 4.74 Å². The molecule has 0 aliphatic heterocycles. The van der Waals surface area contributed by atoms with Gasteiger partial charge in [0, 0.05) is 5.56 Å². The Morgan fingerprint density at radius 1 is 1.17 bits per heavy atom. The monoisotopic (exact) mass is 319 g/mol. The largest absolute Gasteiger partial charge is 0.465 e. The van der Waals surface area contributed by atoms with E-state index >= 15 is 0 Å². The molecule has 0 saturated heterocycles. The molecule has 2 aromatic rings. The van der Waals surface area contributed by atoms with Gasteiger partial charge in [-0.15, -0.1) is 0 Å². The van der Waals surface area contributed by atoms with Gasteiger partial charge < -0.3 is 4.74 Å². The molecule has 4 rings (SSSR count). The number of methoxy groups -OCH3 is 1. The second-order valence-corrected chi connectivity index (χ2v) is 6.68. The number of carbonyl (C=O) groups is 1. The fourth-order valence-electron chi connectivity index (χ4n) is 3.46. The quantitative estimate of drug-likeness (QED) is 0.816. The number of ether oxygens (including phenoxy) is 1. The molecule has 2 aliphatic carbocycles. The van der Waals surface area contributed by atoms with Crippen LogP contribution in [0.2, 0.25) is 0 Å². The molecule has 2 aliphatic rings. The number of rotatable bonds is 3. The standard InChI is InChI=1S/C21H21NO2/c1-13-11-15-5-3-4-6-19(15)22-20(13)16-9-10-17(21(23)24-2)18(12-16)14-7-8-14/h5-6,9-12,14H,3-4,7-8H2,1-2H3. The lowest BCUT2D eigenvalue weighted by Crippen LogP contribution is -2.31. The summed E-state index contributed by atoms with van der Waals surface area (Å²) in [6.45, 7) is 2.11. The second-order valence-electron chi connectivity index (χ2n) is 6.68. The molecule has 0 atom stereocenters. The van der Waals surface area contributed by atoms with E-state index in [2.05, 4.69) is 31.2 Å². The topological polar surface area (TPSA) is 39.2 Å². The third kappa shape index (κ3) is 2.64. The van der Waals surface area contributed by atoms with Gasteiger partial charge in [0.25, 0.3) is 0 Å². The van der Waals surface area contributed by atoms with Gasteiger partial charge in [-0.1, -0.05) is 18.2 Å². The van der Waals surface area contributed by atoms with Gasteiger partial charge in [0.1, 0.15) is 0 Å². The lowest BCUT2D eigenvalue weighted by molar-refractivity contribution is 0.0599. The van der Waals surface area contributed by atoms with Crippen LogP contribution in [0.25, 0.3) is 23.4 Å². The van der Waals surface area contributed by atoms with Crippen LogP contribution in [0.1, 0.15) is 53.1 Å². The molecule has 0 N–H and O–H groups in total. The maximum Gasteiger partial charge on any atom is 0.338 e. The molecule has 1 aromatic heterocycles. The Labute approximate surface area is 141 Å². The minimum atomic E-state index is -0.249. The molecule has 1 saturated carbocycles. The number of hydrogen-bond acceptors (Lipinski definition) is 3.